The van der Waals surface area contributed by atoms with Gasteiger partial charge >= 0.3 is 0 Å². The summed E-state index contributed by atoms with van der Waals surface area (Å²) in [6.07, 6.45) is 0. The van der Waals surface area contributed by atoms with Gasteiger partial charge in [0.15, 0.2) is 0 Å². The second-order valence-electron chi connectivity index (χ2n) is 7.13. The predicted octanol–water partition coefficient (Wildman–Crippen LogP) is 2.11. The van der Waals surface area contributed by atoms with Crippen molar-refractivity contribution in [3.63, 3.8) is 0 Å². The van der Waals surface area contributed by atoms with Crippen LogP contribution in [0.15, 0.2) is 24.3 Å². The molecule has 0 spiro atoms. The van der Waals surface area contributed by atoms with Crippen LogP contribution in [0.1, 0.15) is 57.7 Å². The molecule has 0 radical (unpaired) electrons. The number of aromatic nitrogens is 2. The Balaban J connectivity index is 1.73. The lowest BCUT2D eigenvalue weighted by Gasteiger charge is -2.27. The molecule has 1 aliphatic heterocycles. The monoisotopic (exact) mass is 353 g/mol. The number of fused-ring (bicyclic) bond motifs is 2. The van der Waals surface area contributed by atoms with Crippen molar-refractivity contribution in [2.75, 3.05) is 32.8 Å². The highest BCUT2D eigenvalue weighted by Gasteiger charge is 2.36. The molecule has 26 heavy (non-hydrogen) atoms. The van der Waals surface area contributed by atoms with Gasteiger partial charge in [-0.2, -0.15) is 0 Å². The Morgan fingerprint density at radius 1 is 1.04 bits per heavy atom. The quantitative estimate of drug-likeness (QED) is 0.719. The van der Waals surface area contributed by atoms with E-state index >= 15 is 0 Å². The first-order chi connectivity index (χ1) is 12.6. The number of ketones is 2. The topological polar surface area (TPSA) is 64.4 Å². The van der Waals surface area contributed by atoms with E-state index in [0.717, 1.165) is 38.7 Å². The minimum Gasteiger partial charge on any atom is -0.379 e. The van der Waals surface area contributed by atoms with Gasteiger partial charge in [0, 0.05) is 43.2 Å². The summed E-state index contributed by atoms with van der Waals surface area (Å²) in [5.41, 5.74) is 1.69. The second kappa shape index (κ2) is 6.78. The Morgan fingerprint density at radius 2 is 1.69 bits per heavy atom. The van der Waals surface area contributed by atoms with E-state index in [2.05, 4.69) is 9.88 Å². The molecule has 0 atom stereocenters. The molecule has 6 heteroatoms. The average molecular weight is 353 g/mol. The summed E-state index contributed by atoms with van der Waals surface area (Å²) < 4.78 is 7.36. The third-order valence-electron chi connectivity index (χ3n) is 5.10. The third-order valence-corrected chi connectivity index (χ3v) is 5.10. The van der Waals surface area contributed by atoms with Crippen molar-refractivity contribution >= 4 is 11.6 Å². The normalized spacial score (nSPS) is 17.5. The van der Waals surface area contributed by atoms with Crippen LogP contribution >= 0.6 is 0 Å². The number of carbonyl (C=O) groups is 2. The van der Waals surface area contributed by atoms with Crippen molar-refractivity contribution in [2.24, 2.45) is 0 Å². The number of hydrogen-bond donors (Lipinski definition) is 0. The first-order valence-corrected chi connectivity index (χ1v) is 9.17. The maximum absolute atomic E-state index is 13.1. The fourth-order valence-electron chi connectivity index (χ4n) is 3.73. The maximum Gasteiger partial charge on any atom is 0.214 e. The van der Waals surface area contributed by atoms with Crippen LogP contribution in [0.2, 0.25) is 0 Å². The molecule has 0 unspecified atom stereocenters. The van der Waals surface area contributed by atoms with Crippen molar-refractivity contribution in [1.82, 2.24) is 14.5 Å². The summed E-state index contributed by atoms with van der Waals surface area (Å²) in [7, 11) is 0. The van der Waals surface area contributed by atoms with E-state index in [1.165, 1.54) is 0 Å². The zero-order valence-corrected chi connectivity index (χ0v) is 15.2. The second-order valence-corrected chi connectivity index (χ2v) is 7.13. The first kappa shape index (κ1) is 17.1. The fraction of sp³-hybridized carbons (Fsp3) is 0.450. The van der Waals surface area contributed by atoms with Crippen LogP contribution in [0.4, 0.5) is 0 Å². The van der Waals surface area contributed by atoms with Gasteiger partial charge in [0.05, 0.1) is 13.2 Å². The van der Waals surface area contributed by atoms with Gasteiger partial charge in [0.25, 0.3) is 0 Å². The molecule has 2 aromatic rings. The molecule has 136 valence electrons. The summed E-state index contributed by atoms with van der Waals surface area (Å²) in [6.45, 7) is 8.81. The highest BCUT2D eigenvalue weighted by molar-refractivity contribution is 6.27. The maximum atomic E-state index is 13.1. The molecule has 4 rings (SSSR count). The summed E-state index contributed by atoms with van der Waals surface area (Å²) >= 11 is 0. The van der Waals surface area contributed by atoms with Crippen LogP contribution in [0.5, 0.6) is 0 Å². The van der Waals surface area contributed by atoms with E-state index in [1.807, 2.05) is 18.4 Å². The molecule has 6 nitrogen and oxygen atoms in total. The Hall–Kier alpha value is -2.31. The number of hydrogen-bond acceptors (Lipinski definition) is 5. The molecule has 0 saturated carbocycles. The van der Waals surface area contributed by atoms with Crippen LogP contribution in [-0.4, -0.2) is 58.9 Å². The van der Waals surface area contributed by atoms with E-state index in [9.17, 15) is 9.59 Å². The Morgan fingerprint density at radius 3 is 2.35 bits per heavy atom. The van der Waals surface area contributed by atoms with Crippen LogP contribution in [0, 0.1) is 0 Å². The lowest BCUT2D eigenvalue weighted by molar-refractivity contribution is 0.0361. The summed E-state index contributed by atoms with van der Waals surface area (Å²) in [6, 6.07) is 7.02. The van der Waals surface area contributed by atoms with Crippen molar-refractivity contribution in [3.8, 4) is 0 Å². The molecule has 1 fully saturated rings. The highest BCUT2D eigenvalue weighted by Crippen LogP contribution is 2.30. The minimum absolute atomic E-state index is 0.100. The number of morpholine rings is 1. The average Bonchev–Trinajstić information content (AvgIpc) is 3.05. The smallest absolute Gasteiger partial charge is 0.214 e. The lowest BCUT2D eigenvalue weighted by atomic mass is 9.90. The molecule has 0 bridgehead atoms. The molecule has 0 N–H and O–H groups in total. The number of benzene rings is 1. The number of rotatable bonds is 4. The standard InChI is InChI=1S/C20H23N3O3/c1-13(2)20-21-16-17(23(20)8-7-22-9-11-26-12-10-22)19(25)15-6-4-3-5-14(15)18(16)24/h3-6,13H,7-12H2,1-2H3. The van der Waals surface area contributed by atoms with Gasteiger partial charge < -0.3 is 9.30 Å². The van der Waals surface area contributed by atoms with Gasteiger partial charge in [-0.1, -0.05) is 38.1 Å². The number of carbonyl (C=O) groups excluding carboxylic acids is 2. The summed E-state index contributed by atoms with van der Waals surface area (Å²) in [4.78, 5) is 32.9. The largest absolute Gasteiger partial charge is 0.379 e. The van der Waals surface area contributed by atoms with Gasteiger partial charge in [-0.25, -0.2) is 4.98 Å². The van der Waals surface area contributed by atoms with Gasteiger partial charge in [-0.05, 0) is 0 Å². The fourth-order valence-corrected chi connectivity index (χ4v) is 3.73. The first-order valence-electron chi connectivity index (χ1n) is 9.17. The zero-order valence-electron chi connectivity index (χ0n) is 15.2. The highest BCUT2D eigenvalue weighted by atomic mass is 16.5. The summed E-state index contributed by atoms with van der Waals surface area (Å²) in [5.74, 6) is 0.686. The van der Waals surface area contributed by atoms with Crippen LogP contribution in [0.3, 0.4) is 0 Å². The Bertz CT molecular complexity index is 863. The number of imidazole rings is 1. The van der Waals surface area contributed by atoms with Crippen molar-refractivity contribution < 1.29 is 14.3 Å². The Labute approximate surface area is 152 Å². The van der Waals surface area contributed by atoms with E-state index in [0.29, 0.717) is 29.1 Å². The van der Waals surface area contributed by atoms with Gasteiger partial charge in [0.2, 0.25) is 11.6 Å². The molecular weight excluding hydrogens is 330 g/mol. The molecule has 0 amide bonds. The molecule has 2 heterocycles. The van der Waals surface area contributed by atoms with Crippen molar-refractivity contribution in [1.29, 1.82) is 0 Å². The van der Waals surface area contributed by atoms with E-state index < -0.39 is 0 Å². The van der Waals surface area contributed by atoms with Gasteiger partial charge in [0.1, 0.15) is 17.2 Å². The summed E-state index contributed by atoms with van der Waals surface area (Å²) in [5, 5.41) is 0. The molecule has 1 aliphatic carbocycles. The van der Waals surface area contributed by atoms with Crippen LogP contribution in [-0.2, 0) is 11.3 Å². The van der Waals surface area contributed by atoms with E-state index in [-0.39, 0.29) is 17.5 Å². The lowest BCUT2D eigenvalue weighted by Crippen LogP contribution is -2.38. The van der Waals surface area contributed by atoms with Crippen molar-refractivity contribution in [2.45, 2.75) is 26.3 Å². The predicted molar refractivity (Wildman–Crippen MR) is 96.9 cm³/mol. The minimum atomic E-state index is -0.151. The van der Waals surface area contributed by atoms with Gasteiger partial charge in [-0.3, -0.25) is 14.5 Å². The molecular formula is C20H23N3O3. The van der Waals surface area contributed by atoms with Gasteiger partial charge in [-0.15, -0.1) is 0 Å². The van der Waals surface area contributed by atoms with Crippen LogP contribution in [0.25, 0.3) is 0 Å². The van der Waals surface area contributed by atoms with E-state index in [4.69, 9.17) is 4.74 Å². The Kier molecular flexibility index (Phi) is 4.46. The zero-order chi connectivity index (χ0) is 18.3. The SMILES string of the molecule is CC(C)c1nc2c(n1CCN1CCOCC1)C(=O)c1ccccc1C2=O. The van der Waals surface area contributed by atoms with Crippen LogP contribution < -0.4 is 0 Å². The molecule has 1 aromatic carbocycles. The number of nitrogens with zero attached hydrogens (tertiary/aromatic N) is 3. The molecule has 1 aromatic heterocycles. The van der Waals surface area contributed by atoms with Crippen molar-refractivity contribution in [3.05, 3.63) is 52.6 Å². The van der Waals surface area contributed by atoms with E-state index in [1.54, 1.807) is 24.3 Å². The molecule has 2 aliphatic rings. The third kappa shape index (κ3) is 2.79. The number of ether oxygens (including phenoxy) is 1. The molecule has 1 saturated heterocycles.